The summed E-state index contributed by atoms with van der Waals surface area (Å²) in [5.74, 6) is 2.72. The standard InChI is InChI=1S/C14H21N5O/c1-9(2)12-7-11(18-20-12)8-15-13-6-10(3)16-14(17-13)19(4)5/h6-7,9H,8H2,1-5H3,(H,15,16,17). The maximum atomic E-state index is 5.27. The Morgan fingerprint density at radius 1 is 1.25 bits per heavy atom. The van der Waals surface area contributed by atoms with Gasteiger partial charge in [0, 0.05) is 37.8 Å². The van der Waals surface area contributed by atoms with E-state index in [9.17, 15) is 0 Å². The second kappa shape index (κ2) is 5.90. The Morgan fingerprint density at radius 3 is 2.60 bits per heavy atom. The number of anilines is 2. The van der Waals surface area contributed by atoms with Crippen LogP contribution in [-0.4, -0.2) is 29.2 Å². The van der Waals surface area contributed by atoms with Crippen LogP contribution in [-0.2, 0) is 6.54 Å². The van der Waals surface area contributed by atoms with Crippen LogP contribution in [0.1, 0.15) is 36.9 Å². The van der Waals surface area contributed by atoms with Crippen LogP contribution in [0.4, 0.5) is 11.8 Å². The van der Waals surface area contributed by atoms with Crippen molar-refractivity contribution in [2.75, 3.05) is 24.3 Å². The van der Waals surface area contributed by atoms with Crippen LogP contribution in [0.5, 0.6) is 0 Å². The van der Waals surface area contributed by atoms with Crippen LogP contribution in [0.3, 0.4) is 0 Å². The maximum Gasteiger partial charge on any atom is 0.226 e. The van der Waals surface area contributed by atoms with Gasteiger partial charge in [0.1, 0.15) is 17.3 Å². The van der Waals surface area contributed by atoms with Gasteiger partial charge in [-0.15, -0.1) is 0 Å². The molecule has 6 nitrogen and oxygen atoms in total. The van der Waals surface area contributed by atoms with Crippen LogP contribution in [0, 0.1) is 6.92 Å². The summed E-state index contributed by atoms with van der Waals surface area (Å²) in [7, 11) is 3.84. The Bertz CT molecular complexity index is 577. The van der Waals surface area contributed by atoms with E-state index >= 15 is 0 Å². The van der Waals surface area contributed by atoms with Crippen molar-refractivity contribution in [3.05, 3.63) is 29.3 Å². The van der Waals surface area contributed by atoms with E-state index in [4.69, 9.17) is 4.52 Å². The van der Waals surface area contributed by atoms with E-state index in [-0.39, 0.29) is 0 Å². The largest absolute Gasteiger partial charge is 0.364 e. The third-order valence-electron chi connectivity index (χ3n) is 2.84. The van der Waals surface area contributed by atoms with E-state index in [1.807, 2.05) is 38.1 Å². The van der Waals surface area contributed by atoms with E-state index in [0.717, 1.165) is 23.0 Å². The predicted octanol–water partition coefficient (Wildman–Crippen LogP) is 2.57. The molecular formula is C14H21N5O. The summed E-state index contributed by atoms with van der Waals surface area (Å²) in [6.45, 7) is 6.69. The molecule has 0 fully saturated rings. The molecule has 0 aliphatic rings. The van der Waals surface area contributed by atoms with Crippen molar-refractivity contribution in [2.24, 2.45) is 0 Å². The lowest BCUT2D eigenvalue weighted by Gasteiger charge is -2.12. The zero-order valence-electron chi connectivity index (χ0n) is 12.6. The number of hydrogen-bond acceptors (Lipinski definition) is 6. The van der Waals surface area contributed by atoms with Gasteiger partial charge in [0.25, 0.3) is 0 Å². The first-order valence-electron chi connectivity index (χ1n) is 6.68. The Morgan fingerprint density at radius 2 is 2.00 bits per heavy atom. The molecule has 2 rings (SSSR count). The second-order valence-electron chi connectivity index (χ2n) is 5.32. The van der Waals surface area contributed by atoms with Gasteiger partial charge in [-0.1, -0.05) is 19.0 Å². The molecule has 0 amide bonds. The molecule has 20 heavy (non-hydrogen) atoms. The van der Waals surface area contributed by atoms with Crippen LogP contribution in [0.15, 0.2) is 16.7 Å². The molecule has 0 unspecified atom stereocenters. The Balaban J connectivity index is 2.06. The van der Waals surface area contributed by atoms with E-state index < -0.39 is 0 Å². The number of aromatic nitrogens is 3. The molecule has 6 heteroatoms. The predicted molar refractivity (Wildman–Crippen MR) is 79.0 cm³/mol. The highest BCUT2D eigenvalue weighted by molar-refractivity contribution is 5.43. The van der Waals surface area contributed by atoms with Crippen molar-refractivity contribution >= 4 is 11.8 Å². The van der Waals surface area contributed by atoms with Gasteiger partial charge in [-0.25, -0.2) is 4.98 Å². The fourth-order valence-electron chi connectivity index (χ4n) is 1.71. The van der Waals surface area contributed by atoms with Gasteiger partial charge < -0.3 is 14.7 Å². The molecule has 0 radical (unpaired) electrons. The monoisotopic (exact) mass is 275 g/mol. The van der Waals surface area contributed by atoms with E-state index in [2.05, 4.69) is 34.3 Å². The maximum absolute atomic E-state index is 5.27. The summed E-state index contributed by atoms with van der Waals surface area (Å²) in [6.07, 6.45) is 0. The molecule has 0 aliphatic heterocycles. The second-order valence-corrected chi connectivity index (χ2v) is 5.32. The minimum Gasteiger partial charge on any atom is -0.364 e. The molecule has 2 heterocycles. The van der Waals surface area contributed by atoms with E-state index in [1.54, 1.807) is 0 Å². The first kappa shape index (κ1) is 14.3. The number of nitrogens with zero attached hydrogens (tertiary/aromatic N) is 4. The van der Waals surface area contributed by atoms with Crippen LogP contribution >= 0.6 is 0 Å². The first-order chi connectivity index (χ1) is 9.45. The van der Waals surface area contributed by atoms with Crippen molar-refractivity contribution in [1.29, 1.82) is 0 Å². The Kier molecular flexibility index (Phi) is 4.22. The third kappa shape index (κ3) is 3.46. The highest BCUT2D eigenvalue weighted by Gasteiger charge is 2.08. The summed E-state index contributed by atoms with van der Waals surface area (Å²) < 4.78 is 5.27. The minimum absolute atomic E-state index is 0.345. The normalized spacial score (nSPS) is 10.9. The van der Waals surface area contributed by atoms with Crippen molar-refractivity contribution in [2.45, 2.75) is 33.2 Å². The highest BCUT2D eigenvalue weighted by Crippen LogP contribution is 2.16. The summed E-state index contributed by atoms with van der Waals surface area (Å²) in [5.41, 5.74) is 1.80. The third-order valence-corrected chi connectivity index (χ3v) is 2.84. The van der Waals surface area contributed by atoms with Crippen molar-refractivity contribution < 1.29 is 4.52 Å². The summed E-state index contributed by atoms with van der Waals surface area (Å²) >= 11 is 0. The lowest BCUT2D eigenvalue weighted by atomic mass is 10.1. The van der Waals surface area contributed by atoms with Gasteiger partial charge >= 0.3 is 0 Å². The van der Waals surface area contributed by atoms with Crippen molar-refractivity contribution in [3.8, 4) is 0 Å². The summed E-state index contributed by atoms with van der Waals surface area (Å²) in [6, 6.07) is 3.88. The van der Waals surface area contributed by atoms with Gasteiger partial charge in [0.2, 0.25) is 5.95 Å². The molecule has 2 aromatic heterocycles. The van der Waals surface area contributed by atoms with Crippen molar-refractivity contribution in [3.63, 3.8) is 0 Å². The van der Waals surface area contributed by atoms with E-state index in [1.165, 1.54) is 0 Å². The Labute approximate surface area is 119 Å². The zero-order valence-corrected chi connectivity index (χ0v) is 12.6. The quantitative estimate of drug-likeness (QED) is 0.904. The molecule has 0 saturated heterocycles. The molecule has 2 aromatic rings. The molecule has 0 saturated carbocycles. The molecular weight excluding hydrogens is 254 g/mol. The number of hydrogen-bond donors (Lipinski definition) is 1. The van der Waals surface area contributed by atoms with Gasteiger partial charge in [-0.3, -0.25) is 0 Å². The zero-order chi connectivity index (χ0) is 14.7. The molecule has 0 bridgehead atoms. The lowest BCUT2D eigenvalue weighted by Crippen LogP contribution is -2.14. The molecule has 1 N–H and O–H groups in total. The fraction of sp³-hybridized carbons (Fsp3) is 0.500. The first-order valence-corrected chi connectivity index (χ1v) is 6.68. The number of rotatable bonds is 5. The number of nitrogens with one attached hydrogen (secondary N) is 1. The molecule has 0 aliphatic carbocycles. The minimum atomic E-state index is 0.345. The SMILES string of the molecule is Cc1cc(NCc2cc(C(C)C)on2)nc(N(C)C)n1. The van der Waals surface area contributed by atoms with Gasteiger partial charge in [0.15, 0.2) is 0 Å². The fourth-order valence-corrected chi connectivity index (χ4v) is 1.71. The average Bonchev–Trinajstić information content (AvgIpc) is 2.84. The van der Waals surface area contributed by atoms with Gasteiger partial charge in [0.05, 0.1) is 6.54 Å². The van der Waals surface area contributed by atoms with E-state index in [0.29, 0.717) is 18.4 Å². The lowest BCUT2D eigenvalue weighted by molar-refractivity contribution is 0.366. The Hall–Kier alpha value is -2.11. The van der Waals surface area contributed by atoms with Gasteiger partial charge in [-0.2, -0.15) is 4.98 Å². The van der Waals surface area contributed by atoms with Crippen molar-refractivity contribution in [1.82, 2.24) is 15.1 Å². The number of aryl methyl sites for hydroxylation is 1. The van der Waals surface area contributed by atoms with Crippen LogP contribution in [0.2, 0.25) is 0 Å². The smallest absolute Gasteiger partial charge is 0.226 e. The molecule has 108 valence electrons. The molecule has 0 aromatic carbocycles. The van der Waals surface area contributed by atoms with Crippen LogP contribution < -0.4 is 10.2 Å². The summed E-state index contributed by atoms with van der Waals surface area (Å²) in [5, 5.41) is 7.29. The molecule has 0 spiro atoms. The topological polar surface area (TPSA) is 67.1 Å². The van der Waals surface area contributed by atoms with Gasteiger partial charge in [-0.05, 0) is 6.92 Å². The summed E-state index contributed by atoms with van der Waals surface area (Å²) in [4.78, 5) is 10.7. The highest BCUT2D eigenvalue weighted by atomic mass is 16.5. The van der Waals surface area contributed by atoms with Crippen LogP contribution in [0.25, 0.3) is 0 Å². The molecule has 0 atom stereocenters. The average molecular weight is 275 g/mol.